The number of anilines is 1. The summed E-state index contributed by atoms with van der Waals surface area (Å²) in [4.78, 5) is 8.66. The van der Waals surface area contributed by atoms with Crippen molar-refractivity contribution in [3.8, 4) is 11.1 Å². The fourth-order valence-corrected chi connectivity index (χ4v) is 1.78. The monoisotopic (exact) mass is 225 g/mol. The number of pyridine rings is 2. The summed E-state index contributed by atoms with van der Waals surface area (Å²) in [5.74, 6) is 0.838. The Bertz CT molecular complexity index is 547. The van der Waals surface area contributed by atoms with Gasteiger partial charge in [0.15, 0.2) is 0 Å². The van der Waals surface area contributed by atoms with E-state index >= 15 is 0 Å². The van der Waals surface area contributed by atoms with Gasteiger partial charge in [-0.2, -0.15) is 0 Å². The highest BCUT2D eigenvalue weighted by Gasteiger charge is 2.05. The number of hydrogen-bond acceptors (Lipinski definition) is 3. The molecular weight excluding hydrogens is 210 g/mol. The Balaban J connectivity index is 2.54. The van der Waals surface area contributed by atoms with E-state index in [9.17, 15) is 0 Å². The van der Waals surface area contributed by atoms with E-state index in [0.29, 0.717) is 0 Å². The minimum atomic E-state index is 0.838. The highest BCUT2D eigenvalue weighted by atomic mass is 15.0. The van der Waals surface area contributed by atoms with E-state index in [1.807, 2.05) is 32.3 Å². The van der Waals surface area contributed by atoms with Gasteiger partial charge >= 0.3 is 0 Å². The summed E-state index contributed by atoms with van der Waals surface area (Å²) in [5, 5.41) is 3.04. The Labute approximate surface area is 101 Å². The van der Waals surface area contributed by atoms with Crippen molar-refractivity contribution in [2.24, 2.45) is 0 Å². The van der Waals surface area contributed by atoms with Gasteiger partial charge in [0.25, 0.3) is 0 Å². The molecule has 3 nitrogen and oxygen atoms in total. The molecule has 0 aliphatic carbocycles. The van der Waals surface area contributed by atoms with Gasteiger partial charge in [-0.3, -0.25) is 4.98 Å². The molecule has 0 saturated carbocycles. The van der Waals surface area contributed by atoms with Crippen molar-refractivity contribution in [1.29, 1.82) is 0 Å². The molecule has 0 saturated heterocycles. The number of nitrogens with one attached hydrogen (secondary N) is 1. The number of hydrogen-bond donors (Lipinski definition) is 1. The molecule has 0 unspecified atom stereocenters. The maximum atomic E-state index is 4.38. The molecule has 2 aromatic rings. The predicted molar refractivity (Wildman–Crippen MR) is 71.8 cm³/mol. The van der Waals surface area contributed by atoms with Crippen LogP contribution in [0.3, 0.4) is 0 Å². The zero-order valence-corrected chi connectivity index (χ0v) is 10.1. The highest BCUT2D eigenvalue weighted by molar-refractivity contribution is 5.72. The average Bonchev–Trinajstić information content (AvgIpc) is 2.38. The van der Waals surface area contributed by atoms with Gasteiger partial charge < -0.3 is 5.32 Å². The van der Waals surface area contributed by atoms with Crippen molar-refractivity contribution in [1.82, 2.24) is 9.97 Å². The van der Waals surface area contributed by atoms with Crippen molar-refractivity contribution in [2.75, 3.05) is 12.4 Å². The number of aryl methyl sites for hydroxylation is 1. The maximum absolute atomic E-state index is 4.38. The van der Waals surface area contributed by atoms with E-state index in [1.165, 1.54) is 0 Å². The van der Waals surface area contributed by atoms with Crippen LogP contribution >= 0.6 is 0 Å². The third-order valence-corrected chi connectivity index (χ3v) is 2.69. The fraction of sp³-hybridized carbons (Fsp3) is 0.143. The van der Waals surface area contributed by atoms with E-state index in [0.717, 1.165) is 28.2 Å². The van der Waals surface area contributed by atoms with Crippen LogP contribution in [0.5, 0.6) is 0 Å². The van der Waals surface area contributed by atoms with Gasteiger partial charge in [0.2, 0.25) is 0 Å². The van der Waals surface area contributed by atoms with E-state index in [-0.39, 0.29) is 0 Å². The van der Waals surface area contributed by atoms with Crippen molar-refractivity contribution in [2.45, 2.75) is 6.92 Å². The molecule has 2 rings (SSSR count). The van der Waals surface area contributed by atoms with Crippen LogP contribution in [-0.2, 0) is 0 Å². The van der Waals surface area contributed by atoms with Gasteiger partial charge in [-0.25, -0.2) is 4.98 Å². The minimum Gasteiger partial charge on any atom is -0.373 e. The van der Waals surface area contributed by atoms with Gasteiger partial charge in [-0.05, 0) is 19.1 Å². The predicted octanol–water partition coefficient (Wildman–Crippen LogP) is 3.14. The lowest BCUT2D eigenvalue weighted by atomic mass is 10.0. The van der Waals surface area contributed by atoms with Crippen molar-refractivity contribution >= 4 is 11.9 Å². The first-order valence-corrected chi connectivity index (χ1v) is 5.48. The lowest BCUT2D eigenvalue weighted by molar-refractivity contribution is 1.19. The molecule has 0 radical (unpaired) electrons. The quantitative estimate of drug-likeness (QED) is 0.872. The SMILES string of the molecule is C=Cc1cc(-c2cccnc2C)cnc1NC. The van der Waals surface area contributed by atoms with Crippen LogP contribution in [-0.4, -0.2) is 17.0 Å². The Kier molecular flexibility index (Phi) is 3.19. The Morgan fingerprint density at radius 2 is 2.18 bits per heavy atom. The molecule has 86 valence electrons. The second-order valence-corrected chi connectivity index (χ2v) is 3.75. The molecule has 0 aromatic carbocycles. The molecule has 0 bridgehead atoms. The highest BCUT2D eigenvalue weighted by Crippen LogP contribution is 2.25. The van der Waals surface area contributed by atoms with Crippen LogP contribution in [0.2, 0.25) is 0 Å². The van der Waals surface area contributed by atoms with Crippen LogP contribution in [0.25, 0.3) is 17.2 Å². The molecule has 2 heterocycles. The minimum absolute atomic E-state index is 0.838. The van der Waals surface area contributed by atoms with E-state index in [1.54, 1.807) is 12.3 Å². The number of rotatable bonds is 3. The van der Waals surface area contributed by atoms with Crippen LogP contribution in [0.15, 0.2) is 37.2 Å². The lowest BCUT2D eigenvalue weighted by Crippen LogP contribution is -1.96. The van der Waals surface area contributed by atoms with Gasteiger partial charge in [0.05, 0.1) is 0 Å². The number of nitrogens with zero attached hydrogens (tertiary/aromatic N) is 2. The van der Waals surface area contributed by atoms with Crippen LogP contribution in [0.1, 0.15) is 11.3 Å². The Morgan fingerprint density at radius 3 is 2.82 bits per heavy atom. The van der Waals surface area contributed by atoms with E-state index < -0.39 is 0 Å². The number of aromatic nitrogens is 2. The summed E-state index contributed by atoms with van der Waals surface area (Å²) < 4.78 is 0. The fourth-order valence-electron chi connectivity index (χ4n) is 1.78. The second-order valence-electron chi connectivity index (χ2n) is 3.75. The van der Waals surface area contributed by atoms with Gasteiger partial charge in [-0.1, -0.05) is 18.7 Å². The molecule has 17 heavy (non-hydrogen) atoms. The van der Waals surface area contributed by atoms with E-state index in [2.05, 4.69) is 27.9 Å². The zero-order valence-electron chi connectivity index (χ0n) is 10.1. The Morgan fingerprint density at radius 1 is 1.35 bits per heavy atom. The molecule has 0 spiro atoms. The van der Waals surface area contributed by atoms with Crippen molar-refractivity contribution < 1.29 is 0 Å². The van der Waals surface area contributed by atoms with E-state index in [4.69, 9.17) is 0 Å². The summed E-state index contributed by atoms with van der Waals surface area (Å²) in [6, 6.07) is 6.04. The molecule has 0 atom stereocenters. The molecule has 2 aromatic heterocycles. The first-order valence-electron chi connectivity index (χ1n) is 5.48. The summed E-state index contributed by atoms with van der Waals surface area (Å²) in [7, 11) is 1.85. The second kappa shape index (κ2) is 4.78. The average molecular weight is 225 g/mol. The summed E-state index contributed by atoms with van der Waals surface area (Å²) in [6.45, 7) is 5.80. The zero-order chi connectivity index (χ0) is 12.3. The van der Waals surface area contributed by atoms with Gasteiger partial charge in [0.1, 0.15) is 5.82 Å². The smallest absolute Gasteiger partial charge is 0.132 e. The first kappa shape index (κ1) is 11.3. The maximum Gasteiger partial charge on any atom is 0.132 e. The Hall–Kier alpha value is -2.16. The third kappa shape index (κ3) is 2.18. The molecule has 0 fully saturated rings. The summed E-state index contributed by atoms with van der Waals surface area (Å²) in [6.07, 6.45) is 5.44. The normalized spacial score (nSPS) is 10.0. The lowest BCUT2D eigenvalue weighted by Gasteiger charge is -2.08. The molecule has 0 amide bonds. The standard InChI is InChI=1S/C14H15N3/c1-4-11-8-12(9-17-14(11)15-3)13-6-5-7-16-10(13)2/h4-9H,1H2,2-3H3,(H,15,17). The summed E-state index contributed by atoms with van der Waals surface area (Å²) in [5.41, 5.74) is 4.16. The summed E-state index contributed by atoms with van der Waals surface area (Å²) >= 11 is 0. The largest absolute Gasteiger partial charge is 0.373 e. The first-order chi connectivity index (χ1) is 8.26. The van der Waals surface area contributed by atoms with Crippen molar-refractivity contribution in [3.05, 3.63) is 48.4 Å². The van der Waals surface area contributed by atoms with Crippen LogP contribution in [0, 0.1) is 6.92 Å². The van der Waals surface area contributed by atoms with Gasteiger partial charge in [0, 0.05) is 41.8 Å². The van der Waals surface area contributed by atoms with Crippen LogP contribution in [0.4, 0.5) is 5.82 Å². The van der Waals surface area contributed by atoms with Crippen molar-refractivity contribution in [3.63, 3.8) is 0 Å². The topological polar surface area (TPSA) is 37.8 Å². The van der Waals surface area contributed by atoms with Gasteiger partial charge in [-0.15, -0.1) is 0 Å². The molecule has 1 N–H and O–H groups in total. The third-order valence-electron chi connectivity index (χ3n) is 2.69. The molecule has 3 heteroatoms. The molecular formula is C14H15N3. The van der Waals surface area contributed by atoms with Crippen LogP contribution < -0.4 is 5.32 Å². The molecule has 0 aliphatic heterocycles. The molecule has 0 aliphatic rings.